The lowest BCUT2D eigenvalue weighted by Crippen LogP contribution is -2.15. The number of hydrogen-bond acceptors (Lipinski definition) is 2. The van der Waals surface area contributed by atoms with Crippen molar-refractivity contribution in [3.05, 3.63) is 0 Å². The van der Waals surface area contributed by atoms with Gasteiger partial charge in [0.1, 0.15) is 0 Å². The molecular weight excluding hydrogens is 142 g/mol. The number of fused-ring (bicyclic) bond motifs is 5. The molecule has 2 heteroatoms. The molecule has 0 radical (unpaired) electrons. The fraction of sp³-hybridized carbons (Fsp3) is 0.875. The second-order valence-electron chi connectivity index (χ2n) is 3.70. The second-order valence-corrected chi connectivity index (χ2v) is 5.06. The van der Waals surface area contributed by atoms with Crippen LogP contribution >= 0.6 is 11.8 Å². The van der Waals surface area contributed by atoms with E-state index in [-0.39, 0.29) is 0 Å². The smallest absolute Gasteiger partial charge is 0.0659 e. The number of hydrogen-bond donors (Lipinski definition) is 0. The third-order valence-electron chi connectivity index (χ3n) is 3.26. The molecule has 0 unspecified atom stereocenters. The summed E-state index contributed by atoms with van der Waals surface area (Å²) in [5, 5.41) is 10.7. The van der Waals surface area contributed by atoms with E-state index in [1.807, 2.05) is 0 Å². The summed E-state index contributed by atoms with van der Waals surface area (Å²) in [6.45, 7) is 0. The summed E-state index contributed by atoms with van der Waals surface area (Å²) in [4.78, 5) is 0. The normalized spacial score (nSPS) is 61.7. The van der Waals surface area contributed by atoms with E-state index in [0.29, 0.717) is 5.92 Å². The molecule has 2 bridgehead atoms. The second kappa shape index (κ2) is 1.53. The maximum atomic E-state index is 8.77. The molecule has 1 heterocycles. The fourth-order valence-corrected chi connectivity index (χ4v) is 4.39. The summed E-state index contributed by atoms with van der Waals surface area (Å²) >= 11 is 2.12. The van der Waals surface area contributed by atoms with Crippen LogP contribution in [0.25, 0.3) is 0 Å². The van der Waals surface area contributed by atoms with Gasteiger partial charge in [-0.25, -0.2) is 0 Å². The molecule has 0 aromatic carbocycles. The number of rotatable bonds is 0. The summed E-state index contributed by atoms with van der Waals surface area (Å²) < 4.78 is 0. The largest absolute Gasteiger partial charge is 0.198 e. The predicted octanol–water partition coefficient (Wildman–Crippen LogP) is 1.65. The molecule has 0 aromatic heterocycles. The Balaban J connectivity index is 1.93. The van der Waals surface area contributed by atoms with E-state index in [1.165, 1.54) is 12.8 Å². The first-order chi connectivity index (χ1) is 4.90. The zero-order chi connectivity index (χ0) is 6.72. The third kappa shape index (κ3) is 0.473. The molecule has 0 N–H and O–H groups in total. The first-order valence-corrected chi connectivity index (χ1v) is 4.89. The summed E-state index contributed by atoms with van der Waals surface area (Å²) in [6.07, 6.45) is 2.59. The summed E-state index contributed by atoms with van der Waals surface area (Å²) in [6, 6.07) is 2.44. The Hall–Kier alpha value is -0.160. The van der Waals surface area contributed by atoms with Crippen molar-refractivity contribution in [1.82, 2.24) is 0 Å². The predicted molar refractivity (Wildman–Crippen MR) is 40.5 cm³/mol. The van der Waals surface area contributed by atoms with Crippen LogP contribution in [0, 0.1) is 29.1 Å². The van der Waals surface area contributed by atoms with E-state index in [2.05, 4.69) is 17.8 Å². The molecule has 52 valence electrons. The van der Waals surface area contributed by atoms with Crippen LogP contribution in [0.1, 0.15) is 12.8 Å². The lowest BCUT2D eigenvalue weighted by atomic mass is 9.90. The maximum Gasteiger partial charge on any atom is 0.0659 e. The number of nitriles is 1. The van der Waals surface area contributed by atoms with Crippen LogP contribution < -0.4 is 0 Å². The average molecular weight is 151 g/mol. The molecule has 1 saturated heterocycles. The lowest BCUT2D eigenvalue weighted by molar-refractivity contribution is 0.452. The van der Waals surface area contributed by atoms with Crippen LogP contribution in [0.5, 0.6) is 0 Å². The van der Waals surface area contributed by atoms with E-state index in [0.717, 1.165) is 22.3 Å². The topological polar surface area (TPSA) is 23.8 Å². The van der Waals surface area contributed by atoms with Gasteiger partial charge in [0.15, 0.2) is 0 Å². The lowest BCUT2D eigenvalue weighted by Gasteiger charge is -2.10. The Bertz CT molecular complexity index is 220. The van der Waals surface area contributed by atoms with Crippen molar-refractivity contribution in [2.24, 2.45) is 17.8 Å². The Morgan fingerprint density at radius 1 is 1.30 bits per heavy atom. The van der Waals surface area contributed by atoms with Gasteiger partial charge in [0.25, 0.3) is 0 Å². The van der Waals surface area contributed by atoms with Crippen molar-refractivity contribution in [3.63, 3.8) is 0 Å². The highest BCUT2D eigenvalue weighted by atomic mass is 32.2. The first-order valence-electron chi connectivity index (χ1n) is 3.95. The van der Waals surface area contributed by atoms with Gasteiger partial charge >= 0.3 is 0 Å². The van der Waals surface area contributed by atoms with Crippen molar-refractivity contribution < 1.29 is 0 Å². The highest BCUT2D eigenvalue weighted by Crippen LogP contribution is 2.67. The van der Waals surface area contributed by atoms with Crippen molar-refractivity contribution in [2.45, 2.75) is 23.3 Å². The van der Waals surface area contributed by atoms with E-state index >= 15 is 0 Å². The highest BCUT2D eigenvalue weighted by Gasteiger charge is 2.62. The molecule has 0 spiro atoms. The Labute approximate surface area is 64.8 Å². The molecule has 5 atom stereocenters. The van der Waals surface area contributed by atoms with Crippen LogP contribution in [0.3, 0.4) is 0 Å². The van der Waals surface area contributed by atoms with Gasteiger partial charge in [-0.2, -0.15) is 17.0 Å². The molecule has 10 heavy (non-hydrogen) atoms. The van der Waals surface area contributed by atoms with Gasteiger partial charge in [-0.15, -0.1) is 0 Å². The Kier molecular flexibility index (Phi) is 0.840. The van der Waals surface area contributed by atoms with Gasteiger partial charge < -0.3 is 0 Å². The molecule has 0 amide bonds. The Morgan fingerprint density at radius 3 is 2.80 bits per heavy atom. The van der Waals surface area contributed by atoms with Crippen LogP contribution in [0.15, 0.2) is 0 Å². The molecule has 3 rings (SSSR count). The van der Waals surface area contributed by atoms with Crippen LogP contribution in [-0.4, -0.2) is 10.5 Å². The molecule has 3 fully saturated rings. The zero-order valence-electron chi connectivity index (χ0n) is 5.66. The molecule has 0 aromatic rings. The average Bonchev–Trinajstić information content (AvgIpc) is 2.58. The fourth-order valence-electron chi connectivity index (χ4n) is 2.75. The SMILES string of the molecule is N#C[C@H]1C[C@H]2C[C@@H]1[C@H]1S[C@@H]21. The number of thioether (sulfide) groups is 1. The van der Waals surface area contributed by atoms with E-state index in [4.69, 9.17) is 5.26 Å². The summed E-state index contributed by atoms with van der Waals surface area (Å²) in [5.74, 6) is 2.16. The van der Waals surface area contributed by atoms with Gasteiger partial charge in [-0.05, 0) is 24.7 Å². The minimum absolute atomic E-state index is 0.432. The molecule has 2 aliphatic carbocycles. The van der Waals surface area contributed by atoms with Gasteiger partial charge in [-0.1, -0.05) is 0 Å². The summed E-state index contributed by atoms with van der Waals surface area (Å²) in [5.41, 5.74) is 0. The van der Waals surface area contributed by atoms with Crippen molar-refractivity contribution >= 4 is 11.8 Å². The van der Waals surface area contributed by atoms with Gasteiger partial charge in [0.05, 0.1) is 12.0 Å². The quantitative estimate of drug-likeness (QED) is 0.491. The van der Waals surface area contributed by atoms with Gasteiger partial charge in [0.2, 0.25) is 0 Å². The van der Waals surface area contributed by atoms with Crippen LogP contribution in [-0.2, 0) is 0 Å². The van der Waals surface area contributed by atoms with E-state index < -0.39 is 0 Å². The minimum Gasteiger partial charge on any atom is -0.198 e. The maximum absolute atomic E-state index is 8.77. The van der Waals surface area contributed by atoms with Crippen LogP contribution in [0.2, 0.25) is 0 Å². The standard InChI is InChI=1S/C8H9NS/c9-3-5-1-4-2-6(5)8-7(4)10-8/h4-8H,1-2H2/t4-,5+,6-,7-,8+/m0/s1. The zero-order valence-corrected chi connectivity index (χ0v) is 6.47. The molecule has 3 aliphatic rings. The van der Waals surface area contributed by atoms with Gasteiger partial charge in [0, 0.05) is 10.5 Å². The third-order valence-corrected chi connectivity index (χ3v) is 4.90. The van der Waals surface area contributed by atoms with Crippen molar-refractivity contribution in [2.75, 3.05) is 0 Å². The molecular formula is C8H9NS. The summed E-state index contributed by atoms with van der Waals surface area (Å²) in [7, 11) is 0. The molecule has 2 saturated carbocycles. The first kappa shape index (κ1) is 5.49. The van der Waals surface area contributed by atoms with Gasteiger partial charge in [-0.3, -0.25) is 0 Å². The monoisotopic (exact) mass is 151 g/mol. The molecule has 1 aliphatic heterocycles. The van der Waals surface area contributed by atoms with Crippen molar-refractivity contribution in [1.29, 1.82) is 5.26 Å². The Morgan fingerprint density at radius 2 is 2.20 bits per heavy atom. The van der Waals surface area contributed by atoms with Crippen molar-refractivity contribution in [3.8, 4) is 6.07 Å². The van der Waals surface area contributed by atoms with E-state index in [1.54, 1.807) is 0 Å². The minimum atomic E-state index is 0.432. The van der Waals surface area contributed by atoms with Crippen LogP contribution in [0.4, 0.5) is 0 Å². The highest BCUT2D eigenvalue weighted by molar-refractivity contribution is 8.07. The molecule has 1 nitrogen and oxygen atoms in total. The number of nitrogens with zero attached hydrogens (tertiary/aromatic N) is 1. The van der Waals surface area contributed by atoms with E-state index in [9.17, 15) is 0 Å².